The molecule has 0 bridgehead atoms. The van der Waals surface area contributed by atoms with Gasteiger partial charge in [0, 0.05) is 17.5 Å². The summed E-state index contributed by atoms with van der Waals surface area (Å²) >= 11 is 1.88. The van der Waals surface area contributed by atoms with Crippen molar-refractivity contribution in [1.82, 2.24) is 10.2 Å². The van der Waals surface area contributed by atoms with Crippen LogP contribution in [0.5, 0.6) is 0 Å². The molecule has 1 aromatic rings. The average molecular weight is 252 g/mol. The van der Waals surface area contributed by atoms with E-state index in [0.717, 1.165) is 12.5 Å². The lowest BCUT2D eigenvalue weighted by atomic mass is 9.98. The third kappa shape index (κ3) is 3.54. The summed E-state index contributed by atoms with van der Waals surface area (Å²) in [5.41, 5.74) is 0. The molecule has 2 heterocycles. The highest BCUT2D eigenvalue weighted by Crippen LogP contribution is 2.26. The number of hydrogen-bond donors (Lipinski definition) is 1. The van der Waals surface area contributed by atoms with Gasteiger partial charge in [0.25, 0.3) is 0 Å². The van der Waals surface area contributed by atoms with Gasteiger partial charge >= 0.3 is 0 Å². The summed E-state index contributed by atoms with van der Waals surface area (Å²) in [4.78, 5) is 4.11. The number of nitrogens with zero attached hydrogens (tertiary/aromatic N) is 1. The van der Waals surface area contributed by atoms with E-state index in [0.29, 0.717) is 6.04 Å². The highest BCUT2D eigenvalue weighted by molar-refractivity contribution is 7.10. The topological polar surface area (TPSA) is 15.3 Å². The van der Waals surface area contributed by atoms with Gasteiger partial charge in [0.1, 0.15) is 0 Å². The Bertz CT molecular complexity index is 304. The number of thiophene rings is 1. The highest BCUT2D eigenvalue weighted by Gasteiger charge is 2.20. The molecule has 1 fully saturated rings. The lowest BCUT2D eigenvalue weighted by Gasteiger charge is -2.33. The van der Waals surface area contributed by atoms with E-state index in [9.17, 15) is 0 Å². The molecule has 0 saturated carbocycles. The van der Waals surface area contributed by atoms with Crippen molar-refractivity contribution in [3.8, 4) is 0 Å². The summed E-state index contributed by atoms with van der Waals surface area (Å²) in [6, 6.07) is 4.99. The van der Waals surface area contributed by atoms with Crippen molar-refractivity contribution in [2.75, 3.05) is 26.2 Å². The summed E-state index contributed by atoms with van der Waals surface area (Å²) in [6.07, 6.45) is 2.73. The van der Waals surface area contributed by atoms with Crippen molar-refractivity contribution < 1.29 is 0 Å². The van der Waals surface area contributed by atoms with Crippen LogP contribution in [0, 0.1) is 5.92 Å². The molecule has 2 rings (SSSR count). The van der Waals surface area contributed by atoms with E-state index in [1.807, 2.05) is 11.3 Å². The van der Waals surface area contributed by atoms with Crippen LogP contribution < -0.4 is 5.32 Å². The second-order valence-corrected chi connectivity index (χ2v) is 5.97. The van der Waals surface area contributed by atoms with E-state index in [4.69, 9.17) is 0 Å². The van der Waals surface area contributed by atoms with E-state index >= 15 is 0 Å². The quantitative estimate of drug-likeness (QED) is 0.866. The van der Waals surface area contributed by atoms with Crippen LogP contribution in [0.4, 0.5) is 0 Å². The van der Waals surface area contributed by atoms with Crippen LogP contribution >= 0.6 is 11.3 Å². The minimum absolute atomic E-state index is 0.571. The largest absolute Gasteiger partial charge is 0.316 e. The predicted molar refractivity (Wildman–Crippen MR) is 75.6 cm³/mol. The molecule has 1 aromatic heterocycles. The molecule has 1 saturated heterocycles. The summed E-state index contributed by atoms with van der Waals surface area (Å²) in [5, 5.41) is 5.70. The average Bonchev–Trinajstić information content (AvgIpc) is 2.90. The number of nitrogens with one attached hydrogen (secondary N) is 1. The van der Waals surface area contributed by atoms with Gasteiger partial charge < -0.3 is 5.32 Å². The molecule has 1 aliphatic rings. The first kappa shape index (κ1) is 13.1. The van der Waals surface area contributed by atoms with Crippen LogP contribution in [0.3, 0.4) is 0 Å². The van der Waals surface area contributed by atoms with Gasteiger partial charge in [-0.1, -0.05) is 13.0 Å². The van der Waals surface area contributed by atoms with Gasteiger partial charge in [-0.05, 0) is 56.8 Å². The minimum atomic E-state index is 0.571. The maximum Gasteiger partial charge on any atom is 0.0413 e. The normalized spacial score (nSPS) is 22.9. The van der Waals surface area contributed by atoms with Crippen LogP contribution in [-0.4, -0.2) is 31.1 Å². The van der Waals surface area contributed by atoms with Crippen molar-refractivity contribution in [3.63, 3.8) is 0 Å². The molecule has 1 aliphatic heterocycles. The highest BCUT2D eigenvalue weighted by atomic mass is 32.1. The fourth-order valence-electron chi connectivity index (χ4n) is 2.68. The van der Waals surface area contributed by atoms with Crippen molar-refractivity contribution in [2.45, 2.75) is 32.7 Å². The van der Waals surface area contributed by atoms with Crippen molar-refractivity contribution in [3.05, 3.63) is 22.4 Å². The van der Waals surface area contributed by atoms with Gasteiger partial charge in [-0.15, -0.1) is 11.3 Å². The first-order chi connectivity index (χ1) is 8.31. The molecule has 0 aliphatic carbocycles. The van der Waals surface area contributed by atoms with E-state index in [1.54, 1.807) is 0 Å². The molecular formula is C14H24N2S. The Morgan fingerprint density at radius 3 is 3.06 bits per heavy atom. The van der Waals surface area contributed by atoms with Crippen molar-refractivity contribution in [2.24, 2.45) is 5.92 Å². The Balaban J connectivity index is 1.91. The summed E-state index contributed by atoms with van der Waals surface area (Å²) in [5.74, 6) is 0.839. The fourth-order valence-corrected chi connectivity index (χ4v) is 3.50. The SMILES string of the molecule is CCN(CC1CCCNC1)C(C)c1cccs1. The van der Waals surface area contributed by atoms with Gasteiger partial charge in [-0.25, -0.2) is 0 Å². The molecule has 96 valence electrons. The van der Waals surface area contributed by atoms with Crippen LogP contribution in [-0.2, 0) is 0 Å². The van der Waals surface area contributed by atoms with Gasteiger partial charge in [-0.3, -0.25) is 4.90 Å². The number of hydrogen-bond acceptors (Lipinski definition) is 3. The summed E-state index contributed by atoms with van der Waals surface area (Å²) in [7, 11) is 0. The second kappa shape index (κ2) is 6.53. The third-order valence-corrected chi connectivity index (χ3v) is 4.84. The molecular weight excluding hydrogens is 228 g/mol. The Hall–Kier alpha value is -0.380. The number of rotatable bonds is 5. The molecule has 0 aromatic carbocycles. The molecule has 3 heteroatoms. The zero-order valence-corrected chi connectivity index (χ0v) is 11.8. The molecule has 2 unspecified atom stereocenters. The van der Waals surface area contributed by atoms with E-state index in [-0.39, 0.29) is 0 Å². The Labute approximate surface area is 109 Å². The standard InChI is InChI=1S/C14H24N2S/c1-3-16(11-13-6-4-8-15-10-13)12(2)14-7-5-9-17-14/h5,7,9,12-13,15H,3-4,6,8,10-11H2,1-2H3. The Morgan fingerprint density at radius 1 is 1.59 bits per heavy atom. The predicted octanol–water partition coefficient (Wildman–Crippen LogP) is 3.13. The minimum Gasteiger partial charge on any atom is -0.316 e. The lowest BCUT2D eigenvalue weighted by molar-refractivity contribution is 0.173. The van der Waals surface area contributed by atoms with E-state index < -0.39 is 0 Å². The maximum absolute atomic E-state index is 3.51. The van der Waals surface area contributed by atoms with Gasteiger partial charge in [0.15, 0.2) is 0 Å². The summed E-state index contributed by atoms with van der Waals surface area (Å²) in [6.45, 7) is 9.42. The Kier molecular flexibility index (Phi) is 5.01. The molecule has 2 nitrogen and oxygen atoms in total. The van der Waals surface area contributed by atoms with Crippen LogP contribution in [0.1, 0.15) is 37.6 Å². The molecule has 0 amide bonds. The van der Waals surface area contributed by atoms with Gasteiger partial charge in [0.05, 0.1) is 0 Å². The zero-order chi connectivity index (χ0) is 12.1. The molecule has 0 spiro atoms. The third-order valence-electron chi connectivity index (χ3n) is 3.80. The first-order valence-corrected chi connectivity index (χ1v) is 7.67. The van der Waals surface area contributed by atoms with Crippen LogP contribution in [0.2, 0.25) is 0 Å². The van der Waals surface area contributed by atoms with E-state index in [2.05, 4.69) is 41.6 Å². The first-order valence-electron chi connectivity index (χ1n) is 6.79. The summed E-state index contributed by atoms with van der Waals surface area (Å²) < 4.78 is 0. The second-order valence-electron chi connectivity index (χ2n) is 4.99. The molecule has 17 heavy (non-hydrogen) atoms. The fraction of sp³-hybridized carbons (Fsp3) is 0.714. The van der Waals surface area contributed by atoms with Crippen LogP contribution in [0.15, 0.2) is 17.5 Å². The van der Waals surface area contributed by atoms with Crippen molar-refractivity contribution >= 4 is 11.3 Å². The van der Waals surface area contributed by atoms with Gasteiger partial charge in [-0.2, -0.15) is 0 Å². The smallest absolute Gasteiger partial charge is 0.0413 e. The van der Waals surface area contributed by atoms with Crippen molar-refractivity contribution in [1.29, 1.82) is 0 Å². The molecule has 0 radical (unpaired) electrons. The van der Waals surface area contributed by atoms with Gasteiger partial charge in [0.2, 0.25) is 0 Å². The van der Waals surface area contributed by atoms with Crippen LogP contribution in [0.25, 0.3) is 0 Å². The lowest BCUT2D eigenvalue weighted by Crippen LogP contribution is -2.39. The monoisotopic (exact) mass is 252 g/mol. The molecule has 1 N–H and O–H groups in total. The van der Waals surface area contributed by atoms with E-state index in [1.165, 1.54) is 37.4 Å². The maximum atomic E-state index is 3.51. The molecule has 2 atom stereocenters. The zero-order valence-electron chi connectivity index (χ0n) is 11.0. The number of piperidine rings is 1. The Morgan fingerprint density at radius 2 is 2.47 bits per heavy atom.